The van der Waals surface area contributed by atoms with Crippen molar-refractivity contribution >= 4 is 5.91 Å². The van der Waals surface area contributed by atoms with E-state index in [1.165, 1.54) is 0 Å². The van der Waals surface area contributed by atoms with Crippen molar-refractivity contribution in [1.82, 2.24) is 15.1 Å². The van der Waals surface area contributed by atoms with Crippen LogP contribution in [0.1, 0.15) is 85.1 Å². The summed E-state index contributed by atoms with van der Waals surface area (Å²) in [5.74, 6) is 5.22. The van der Waals surface area contributed by atoms with Gasteiger partial charge in [-0.15, -0.1) is 0 Å². The number of rotatable bonds is 20. The molecule has 12 nitrogen and oxygen atoms in total. The van der Waals surface area contributed by atoms with Gasteiger partial charge in [-0.25, -0.2) is 0 Å². The lowest BCUT2D eigenvalue weighted by atomic mass is 9.85. The third-order valence-electron chi connectivity index (χ3n) is 12.8. The quantitative estimate of drug-likeness (QED) is 0.0808. The summed E-state index contributed by atoms with van der Waals surface area (Å²) < 4.78 is 47.8. The predicted octanol–water partition coefficient (Wildman–Crippen LogP) is 9.33. The molecule has 352 valence electrons. The smallest absolute Gasteiger partial charge is 0.252 e. The molecule has 1 amide bonds. The number of fused-ring (bicyclic) bond motifs is 2. The number of nitrogens with zero attached hydrogens (tertiary/aromatic N) is 2. The van der Waals surface area contributed by atoms with Gasteiger partial charge in [0, 0.05) is 31.7 Å². The van der Waals surface area contributed by atoms with Crippen LogP contribution in [0.15, 0.2) is 91.0 Å². The third-order valence-corrected chi connectivity index (χ3v) is 12.8. The van der Waals surface area contributed by atoms with E-state index in [0.29, 0.717) is 91.3 Å². The second-order valence-corrected chi connectivity index (χ2v) is 17.3. The highest BCUT2D eigenvalue weighted by molar-refractivity contribution is 5.82. The molecule has 7 rings (SSSR count). The normalized spacial score (nSPS) is 16.9. The molecule has 0 saturated heterocycles. The Bertz CT molecular complexity index is 2420. The Morgan fingerprint density at radius 3 is 1.45 bits per heavy atom. The van der Waals surface area contributed by atoms with E-state index in [1.54, 1.807) is 42.7 Å². The van der Waals surface area contributed by atoms with Crippen molar-refractivity contribution in [3.8, 4) is 46.0 Å². The van der Waals surface area contributed by atoms with Crippen LogP contribution in [0.3, 0.4) is 0 Å². The first-order valence-electron chi connectivity index (χ1n) is 23.0. The average molecular weight is 902 g/mol. The van der Waals surface area contributed by atoms with E-state index < -0.39 is 6.17 Å². The number of nitrogens with one attached hydrogen (secondary N) is 1. The summed E-state index contributed by atoms with van der Waals surface area (Å²) in [6, 6.07) is 30.2. The molecule has 5 aromatic carbocycles. The molecular formula is C54H67N3O9. The summed E-state index contributed by atoms with van der Waals surface area (Å²) in [4.78, 5) is 20.4. The van der Waals surface area contributed by atoms with Crippen molar-refractivity contribution in [1.29, 1.82) is 0 Å². The van der Waals surface area contributed by atoms with Crippen molar-refractivity contribution in [2.45, 2.75) is 96.8 Å². The number of hydrogen-bond donors (Lipinski definition) is 1. The highest BCUT2D eigenvalue weighted by Crippen LogP contribution is 2.46. The molecule has 2 heterocycles. The SMILES string of the molecule is CCC(C)Oc1cc2c(cc1OC)CCN(C(C(=O)NCc1ccccc1)N1CCc3cc(OC)c(OC(C)C)cc3C1Cc1ccc(OC)c(OC)c1)C2Cc1ccc(OC)c(OC)c1. The van der Waals surface area contributed by atoms with Crippen LogP contribution < -0.4 is 43.2 Å². The first-order chi connectivity index (χ1) is 32.0. The minimum atomic E-state index is -0.720. The number of amides is 1. The van der Waals surface area contributed by atoms with Gasteiger partial charge in [-0.3, -0.25) is 14.6 Å². The zero-order chi connectivity index (χ0) is 46.9. The van der Waals surface area contributed by atoms with Crippen molar-refractivity contribution in [2.75, 3.05) is 55.7 Å². The molecular weight excluding hydrogens is 835 g/mol. The van der Waals surface area contributed by atoms with Crippen LogP contribution in [0.5, 0.6) is 46.0 Å². The fourth-order valence-corrected chi connectivity index (χ4v) is 9.38. The van der Waals surface area contributed by atoms with Crippen LogP contribution >= 0.6 is 0 Å². The summed E-state index contributed by atoms with van der Waals surface area (Å²) in [6.45, 7) is 9.78. The Morgan fingerprint density at radius 2 is 1.02 bits per heavy atom. The molecule has 12 heteroatoms. The van der Waals surface area contributed by atoms with Crippen molar-refractivity contribution in [3.05, 3.63) is 130 Å². The van der Waals surface area contributed by atoms with Gasteiger partial charge in [-0.1, -0.05) is 49.4 Å². The molecule has 2 aliphatic heterocycles. The fraction of sp³-hybridized carbons (Fsp3) is 0.426. The van der Waals surface area contributed by atoms with E-state index in [0.717, 1.165) is 45.4 Å². The molecule has 0 aliphatic carbocycles. The zero-order valence-electron chi connectivity index (χ0n) is 40.3. The number of hydrogen-bond acceptors (Lipinski definition) is 11. The van der Waals surface area contributed by atoms with Crippen LogP contribution in [0.2, 0.25) is 0 Å². The molecule has 0 bridgehead atoms. The van der Waals surface area contributed by atoms with Crippen LogP contribution in [0.25, 0.3) is 0 Å². The Kier molecular flexibility index (Phi) is 15.9. The van der Waals surface area contributed by atoms with E-state index in [4.69, 9.17) is 37.9 Å². The molecule has 4 unspecified atom stereocenters. The number of ether oxygens (including phenoxy) is 8. The van der Waals surface area contributed by atoms with E-state index in [1.807, 2.05) is 68.4 Å². The number of carbonyl (C=O) groups excluding carboxylic acids is 1. The summed E-state index contributed by atoms with van der Waals surface area (Å²) >= 11 is 0. The van der Waals surface area contributed by atoms with Crippen LogP contribution in [0, 0.1) is 0 Å². The molecule has 0 fully saturated rings. The van der Waals surface area contributed by atoms with Crippen molar-refractivity contribution in [3.63, 3.8) is 0 Å². The zero-order valence-corrected chi connectivity index (χ0v) is 40.3. The molecule has 2 aliphatic rings. The number of benzene rings is 5. The predicted molar refractivity (Wildman–Crippen MR) is 257 cm³/mol. The molecule has 0 radical (unpaired) electrons. The molecule has 66 heavy (non-hydrogen) atoms. The van der Waals surface area contributed by atoms with Crippen LogP contribution in [-0.4, -0.2) is 89.8 Å². The van der Waals surface area contributed by atoms with Gasteiger partial charge in [0.1, 0.15) is 6.17 Å². The Labute approximate surface area is 391 Å². The minimum Gasteiger partial charge on any atom is -0.493 e. The second-order valence-electron chi connectivity index (χ2n) is 17.3. The van der Waals surface area contributed by atoms with Gasteiger partial charge in [0.15, 0.2) is 46.0 Å². The maximum Gasteiger partial charge on any atom is 0.252 e. The van der Waals surface area contributed by atoms with Gasteiger partial charge in [0.25, 0.3) is 5.91 Å². The maximum absolute atomic E-state index is 15.6. The first-order valence-corrected chi connectivity index (χ1v) is 23.0. The van der Waals surface area contributed by atoms with Crippen molar-refractivity contribution in [2.24, 2.45) is 0 Å². The lowest BCUT2D eigenvalue weighted by Crippen LogP contribution is -2.61. The largest absolute Gasteiger partial charge is 0.493 e. The Morgan fingerprint density at radius 1 is 0.561 bits per heavy atom. The van der Waals surface area contributed by atoms with E-state index in [2.05, 4.69) is 65.4 Å². The molecule has 4 atom stereocenters. The highest BCUT2D eigenvalue weighted by Gasteiger charge is 2.44. The van der Waals surface area contributed by atoms with Crippen LogP contribution in [-0.2, 0) is 37.0 Å². The van der Waals surface area contributed by atoms with Gasteiger partial charge >= 0.3 is 0 Å². The minimum absolute atomic E-state index is 0.0357. The summed E-state index contributed by atoms with van der Waals surface area (Å²) in [5, 5.41) is 3.41. The molecule has 0 aromatic heterocycles. The summed E-state index contributed by atoms with van der Waals surface area (Å²) in [7, 11) is 9.96. The standard InChI is InChI=1S/C54H67N3O9/c1-11-35(4)66-52-32-42-40(30-50(52)64-10)22-24-57(44(42)26-38-18-20-46(60-6)48(28-38)62-8)54(53(58)55-33-36-15-13-12-14-16-36)56-23-21-39-29-49(63-9)51(65-34(2)3)31-41(39)43(56)25-37-17-19-45(59-5)47(27-37)61-7/h12-20,27-32,34-35,43-44,54H,11,21-26,33H2,1-10H3,(H,55,58). The number of carbonyl (C=O) groups is 1. The van der Waals surface area contributed by atoms with E-state index in [9.17, 15) is 0 Å². The Balaban J connectivity index is 1.42. The van der Waals surface area contributed by atoms with Crippen LogP contribution in [0.4, 0.5) is 0 Å². The van der Waals surface area contributed by atoms with E-state index >= 15 is 4.79 Å². The second kappa shape index (κ2) is 21.9. The van der Waals surface area contributed by atoms with Gasteiger partial charge in [-0.05, 0) is 140 Å². The molecule has 0 saturated carbocycles. The fourth-order valence-electron chi connectivity index (χ4n) is 9.38. The molecule has 5 aromatic rings. The topological polar surface area (TPSA) is 109 Å². The van der Waals surface area contributed by atoms with Gasteiger partial charge in [0.05, 0.1) is 54.9 Å². The maximum atomic E-state index is 15.6. The summed E-state index contributed by atoms with van der Waals surface area (Å²) in [5.41, 5.74) is 7.56. The Hall–Kier alpha value is -6.11. The van der Waals surface area contributed by atoms with Crippen molar-refractivity contribution < 1.29 is 42.7 Å². The van der Waals surface area contributed by atoms with Gasteiger partial charge in [0.2, 0.25) is 0 Å². The molecule has 1 N–H and O–H groups in total. The van der Waals surface area contributed by atoms with Gasteiger partial charge < -0.3 is 43.2 Å². The lowest BCUT2D eigenvalue weighted by Gasteiger charge is -2.49. The van der Waals surface area contributed by atoms with Gasteiger partial charge in [-0.2, -0.15) is 0 Å². The van der Waals surface area contributed by atoms with E-state index in [-0.39, 0.29) is 30.2 Å². The average Bonchev–Trinajstić information content (AvgIpc) is 3.34. The monoisotopic (exact) mass is 901 g/mol. The molecule has 0 spiro atoms. The number of methoxy groups -OCH3 is 6. The summed E-state index contributed by atoms with van der Waals surface area (Å²) in [6.07, 6.45) is 2.50. The lowest BCUT2D eigenvalue weighted by molar-refractivity contribution is -0.139. The highest BCUT2D eigenvalue weighted by atomic mass is 16.5. The third kappa shape index (κ3) is 10.6. The first kappa shape index (κ1) is 47.8.